The van der Waals surface area contributed by atoms with E-state index in [0.717, 1.165) is 4.88 Å². The molecule has 0 fully saturated rings. The van der Waals surface area contributed by atoms with Crippen LogP contribution >= 0.6 is 34.5 Å². The number of thiophene rings is 1. The number of halogens is 2. The van der Waals surface area contributed by atoms with Gasteiger partial charge in [0.15, 0.2) is 10.6 Å². The Morgan fingerprint density at radius 1 is 1.64 bits per heavy atom. The topological polar surface area (TPSA) is 26.3 Å². The van der Waals surface area contributed by atoms with Gasteiger partial charge < -0.3 is 4.74 Å². The molecule has 1 aromatic rings. The fourth-order valence-electron chi connectivity index (χ4n) is 0.842. The highest BCUT2D eigenvalue weighted by molar-refractivity contribution is 7.11. The second-order valence-electron chi connectivity index (χ2n) is 2.39. The number of ketones is 1. The van der Waals surface area contributed by atoms with Crippen LogP contribution in [0.3, 0.4) is 0 Å². The second-order valence-corrected chi connectivity index (χ2v) is 4.44. The third kappa shape index (κ3) is 3.01. The lowest BCUT2D eigenvalue weighted by atomic mass is 10.3. The molecule has 0 spiro atoms. The first-order valence-corrected chi connectivity index (χ1v) is 5.52. The molecule has 1 rings (SSSR count). The number of allylic oxidation sites excluding steroid dienone is 1. The van der Waals surface area contributed by atoms with E-state index in [1.807, 2.05) is 17.5 Å². The Balaban J connectivity index is 2.87. The third-order valence-corrected chi connectivity index (χ3v) is 2.79. The highest BCUT2D eigenvalue weighted by Crippen LogP contribution is 2.21. The molecule has 0 aliphatic rings. The first-order valence-electron chi connectivity index (χ1n) is 3.76. The predicted octanol–water partition coefficient (Wildman–Crippen LogP) is 3.11. The van der Waals surface area contributed by atoms with Crippen LogP contribution in [0.15, 0.2) is 23.6 Å². The number of carbonyl (C=O) groups excluding carboxylic acids is 1. The lowest BCUT2D eigenvalue weighted by Gasteiger charge is -2.02. The molecule has 0 saturated heterocycles. The minimum Gasteiger partial charge on any atom is -0.495 e. The molecular formula is C9H8Cl2O2S. The van der Waals surface area contributed by atoms with E-state index in [9.17, 15) is 4.79 Å². The van der Waals surface area contributed by atoms with E-state index < -0.39 is 4.84 Å². The van der Waals surface area contributed by atoms with E-state index in [4.69, 9.17) is 27.9 Å². The number of ether oxygens (including phenoxy) is 1. The van der Waals surface area contributed by atoms with Crippen LogP contribution in [-0.2, 0) is 9.53 Å². The van der Waals surface area contributed by atoms with Crippen LogP contribution in [0.25, 0.3) is 5.76 Å². The van der Waals surface area contributed by atoms with Gasteiger partial charge in [-0.1, -0.05) is 29.3 Å². The van der Waals surface area contributed by atoms with Crippen LogP contribution in [0.2, 0.25) is 0 Å². The Morgan fingerprint density at radius 3 is 2.79 bits per heavy atom. The molecule has 0 aromatic carbocycles. The summed E-state index contributed by atoms with van der Waals surface area (Å²) in [6.07, 6.45) is 1.30. The molecule has 5 heteroatoms. The van der Waals surface area contributed by atoms with Crippen LogP contribution < -0.4 is 0 Å². The maximum absolute atomic E-state index is 11.2. The molecule has 76 valence electrons. The normalized spacial score (nSPS) is 11.9. The van der Waals surface area contributed by atoms with Crippen molar-refractivity contribution < 1.29 is 9.53 Å². The van der Waals surface area contributed by atoms with Crippen LogP contribution in [0.4, 0.5) is 0 Å². The van der Waals surface area contributed by atoms with E-state index in [-0.39, 0.29) is 5.78 Å². The number of rotatable bonds is 4. The highest BCUT2D eigenvalue weighted by Gasteiger charge is 2.11. The van der Waals surface area contributed by atoms with E-state index in [1.165, 1.54) is 24.5 Å². The quantitative estimate of drug-likeness (QED) is 0.467. The molecule has 2 nitrogen and oxygen atoms in total. The van der Waals surface area contributed by atoms with Crippen molar-refractivity contribution in [1.82, 2.24) is 0 Å². The average Bonchev–Trinajstić information content (AvgIpc) is 2.66. The van der Waals surface area contributed by atoms with Gasteiger partial charge in [-0.25, -0.2) is 0 Å². The van der Waals surface area contributed by atoms with Crippen molar-refractivity contribution in [2.24, 2.45) is 0 Å². The first-order chi connectivity index (χ1) is 6.65. The minimum atomic E-state index is -1.04. The highest BCUT2D eigenvalue weighted by atomic mass is 35.5. The van der Waals surface area contributed by atoms with Gasteiger partial charge in [-0.15, -0.1) is 11.3 Å². The Bertz CT molecular complexity index is 331. The Labute approximate surface area is 96.1 Å². The number of hydrogen-bond donors (Lipinski definition) is 0. The zero-order valence-electron chi connectivity index (χ0n) is 7.37. The second kappa shape index (κ2) is 5.39. The number of alkyl halides is 2. The number of hydrogen-bond acceptors (Lipinski definition) is 3. The molecule has 0 N–H and O–H groups in total. The largest absolute Gasteiger partial charge is 0.495 e. The van der Waals surface area contributed by atoms with Crippen molar-refractivity contribution in [3.05, 3.63) is 28.5 Å². The van der Waals surface area contributed by atoms with Gasteiger partial charge in [-0.3, -0.25) is 4.79 Å². The van der Waals surface area contributed by atoms with Crippen molar-refractivity contribution in [3.63, 3.8) is 0 Å². The van der Waals surface area contributed by atoms with Crippen molar-refractivity contribution >= 4 is 46.1 Å². The summed E-state index contributed by atoms with van der Waals surface area (Å²) in [5.41, 5.74) is 0. The zero-order valence-corrected chi connectivity index (χ0v) is 9.70. The summed E-state index contributed by atoms with van der Waals surface area (Å²) < 4.78 is 5.05. The summed E-state index contributed by atoms with van der Waals surface area (Å²) in [7, 11) is 1.50. The summed E-state index contributed by atoms with van der Waals surface area (Å²) in [5.74, 6) is 0.106. The van der Waals surface area contributed by atoms with E-state index >= 15 is 0 Å². The molecular weight excluding hydrogens is 243 g/mol. The van der Waals surface area contributed by atoms with E-state index in [2.05, 4.69) is 0 Å². The van der Waals surface area contributed by atoms with Gasteiger partial charge in [0.1, 0.15) is 5.76 Å². The third-order valence-electron chi connectivity index (χ3n) is 1.47. The average molecular weight is 251 g/mol. The SMILES string of the molecule is CO/C(=C\C(=O)C(Cl)Cl)c1cccs1. The van der Waals surface area contributed by atoms with Crippen molar-refractivity contribution in [3.8, 4) is 0 Å². The van der Waals surface area contributed by atoms with Crippen LogP contribution in [-0.4, -0.2) is 17.7 Å². The van der Waals surface area contributed by atoms with Gasteiger partial charge in [-0.2, -0.15) is 0 Å². The number of methoxy groups -OCH3 is 1. The van der Waals surface area contributed by atoms with Gasteiger partial charge in [-0.05, 0) is 11.4 Å². The molecule has 1 aromatic heterocycles. The molecule has 0 unspecified atom stereocenters. The first kappa shape index (κ1) is 11.6. The summed E-state index contributed by atoms with van der Waals surface area (Å²) in [5, 5.41) is 1.89. The lowest BCUT2D eigenvalue weighted by molar-refractivity contribution is -0.113. The Kier molecular flexibility index (Phi) is 4.45. The Morgan fingerprint density at radius 2 is 2.36 bits per heavy atom. The smallest absolute Gasteiger partial charge is 0.192 e. The monoisotopic (exact) mass is 250 g/mol. The summed E-state index contributed by atoms with van der Waals surface area (Å²) in [6.45, 7) is 0. The van der Waals surface area contributed by atoms with Crippen LogP contribution in [0.1, 0.15) is 4.88 Å². The fourth-order valence-corrected chi connectivity index (χ4v) is 1.69. The van der Waals surface area contributed by atoms with Crippen molar-refractivity contribution in [2.75, 3.05) is 7.11 Å². The zero-order chi connectivity index (χ0) is 10.6. The summed E-state index contributed by atoms with van der Waals surface area (Å²) >= 11 is 12.3. The molecule has 0 aliphatic heterocycles. The minimum absolute atomic E-state index is 0.376. The summed E-state index contributed by atoms with van der Waals surface area (Å²) in [6, 6.07) is 3.72. The molecule has 0 amide bonds. The van der Waals surface area contributed by atoms with Gasteiger partial charge in [0.05, 0.1) is 12.0 Å². The van der Waals surface area contributed by atoms with Gasteiger partial charge in [0, 0.05) is 6.08 Å². The fraction of sp³-hybridized carbons (Fsp3) is 0.222. The van der Waals surface area contributed by atoms with E-state index in [0.29, 0.717) is 5.76 Å². The Hall–Kier alpha value is -0.510. The molecule has 14 heavy (non-hydrogen) atoms. The van der Waals surface area contributed by atoms with Gasteiger partial charge >= 0.3 is 0 Å². The molecule has 0 bridgehead atoms. The van der Waals surface area contributed by atoms with Gasteiger partial charge in [0.2, 0.25) is 0 Å². The van der Waals surface area contributed by atoms with E-state index in [1.54, 1.807) is 0 Å². The predicted molar refractivity (Wildman–Crippen MR) is 59.8 cm³/mol. The molecule has 0 radical (unpaired) electrons. The van der Waals surface area contributed by atoms with Crippen LogP contribution in [0.5, 0.6) is 0 Å². The van der Waals surface area contributed by atoms with Crippen LogP contribution in [0, 0.1) is 0 Å². The maximum Gasteiger partial charge on any atom is 0.192 e. The maximum atomic E-state index is 11.2. The molecule has 1 heterocycles. The molecule has 0 atom stereocenters. The molecule has 0 saturated carbocycles. The number of carbonyl (C=O) groups is 1. The van der Waals surface area contributed by atoms with Crippen molar-refractivity contribution in [1.29, 1.82) is 0 Å². The van der Waals surface area contributed by atoms with Gasteiger partial charge in [0.25, 0.3) is 0 Å². The van der Waals surface area contributed by atoms with Crippen molar-refractivity contribution in [2.45, 2.75) is 4.84 Å². The standard InChI is InChI=1S/C9H8Cl2O2S/c1-13-7(5-6(12)9(10)11)8-3-2-4-14-8/h2-5,9H,1H3/b7-5-. The lowest BCUT2D eigenvalue weighted by Crippen LogP contribution is -2.04. The summed E-state index contributed by atoms with van der Waals surface area (Å²) in [4.78, 5) is 11.0. The molecule has 0 aliphatic carbocycles.